The number of carbonyl (C=O) groups excluding carboxylic acids is 2. The normalized spacial score (nSPS) is 16.7. The van der Waals surface area contributed by atoms with E-state index in [-0.39, 0.29) is 19.4 Å². The fraction of sp³-hybridized carbons (Fsp3) is 0.333. The molecule has 4 rings (SSSR count). The molecule has 0 aliphatic carbocycles. The number of benzene rings is 2. The van der Waals surface area contributed by atoms with Crippen molar-refractivity contribution < 1.29 is 28.2 Å². The molecule has 158 valence electrons. The van der Waals surface area contributed by atoms with Gasteiger partial charge in [0, 0.05) is 25.3 Å². The highest BCUT2D eigenvalue weighted by molar-refractivity contribution is 6.39. The lowest BCUT2D eigenvalue weighted by Crippen LogP contribution is -2.45. The van der Waals surface area contributed by atoms with Crippen LogP contribution in [0.15, 0.2) is 42.5 Å². The number of rotatable bonds is 5. The van der Waals surface area contributed by atoms with E-state index in [2.05, 4.69) is 15.5 Å². The van der Waals surface area contributed by atoms with Gasteiger partial charge in [-0.05, 0) is 42.0 Å². The summed E-state index contributed by atoms with van der Waals surface area (Å²) >= 11 is 0. The van der Waals surface area contributed by atoms with Gasteiger partial charge in [-0.1, -0.05) is 6.07 Å². The molecule has 30 heavy (non-hydrogen) atoms. The minimum absolute atomic E-state index is 0.161. The van der Waals surface area contributed by atoms with Crippen molar-refractivity contribution in [2.24, 2.45) is 0 Å². The van der Waals surface area contributed by atoms with Crippen LogP contribution in [0.3, 0.4) is 0 Å². The summed E-state index contributed by atoms with van der Waals surface area (Å²) in [7, 11) is 0. The molecule has 2 amide bonds. The second-order valence-corrected chi connectivity index (χ2v) is 6.95. The van der Waals surface area contributed by atoms with Crippen LogP contribution in [0.4, 0.5) is 10.1 Å². The quantitative estimate of drug-likeness (QED) is 0.723. The molecule has 2 N–H and O–H groups in total. The summed E-state index contributed by atoms with van der Waals surface area (Å²) in [6.07, 6.45) is 0. The Kier molecular flexibility index (Phi) is 6.10. The van der Waals surface area contributed by atoms with E-state index >= 15 is 0 Å². The number of morpholine rings is 1. The fourth-order valence-corrected chi connectivity index (χ4v) is 3.46. The summed E-state index contributed by atoms with van der Waals surface area (Å²) in [5.74, 6) is -0.658. The van der Waals surface area contributed by atoms with Crippen molar-refractivity contribution in [1.82, 2.24) is 10.2 Å². The van der Waals surface area contributed by atoms with Crippen LogP contribution in [0, 0.1) is 5.82 Å². The molecule has 0 radical (unpaired) electrons. The largest absolute Gasteiger partial charge is 0.454 e. The van der Waals surface area contributed by atoms with Gasteiger partial charge in [0.2, 0.25) is 6.79 Å². The Morgan fingerprint density at radius 2 is 1.73 bits per heavy atom. The average molecular weight is 415 g/mol. The monoisotopic (exact) mass is 415 g/mol. The van der Waals surface area contributed by atoms with Gasteiger partial charge in [0.05, 0.1) is 19.3 Å². The van der Waals surface area contributed by atoms with E-state index in [1.807, 2.05) is 18.2 Å². The van der Waals surface area contributed by atoms with Crippen LogP contribution in [0.5, 0.6) is 11.5 Å². The molecule has 2 aromatic carbocycles. The van der Waals surface area contributed by atoms with Crippen LogP contribution in [-0.4, -0.2) is 56.4 Å². The summed E-state index contributed by atoms with van der Waals surface area (Å²) in [5.41, 5.74) is 1.29. The van der Waals surface area contributed by atoms with Crippen LogP contribution in [-0.2, 0) is 14.3 Å². The van der Waals surface area contributed by atoms with E-state index < -0.39 is 17.6 Å². The zero-order valence-electron chi connectivity index (χ0n) is 16.2. The Bertz CT molecular complexity index is 915. The number of nitrogens with zero attached hydrogens (tertiary/aromatic N) is 1. The van der Waals surface area contributed by atoms with Crippen LogP contribution in [0.2, 0.25) is 0 Å². The van der Waals surface area contributed by atoms with Gasteiger partial charge in [0.15, 0.2) is 11.5 Å². The number of halogens is 1. The second kappa shape index (κ2) is 9.10. The predicted octanol–water partition coefficient (Wildman–Crippen LogP) is 1.68. The summed E-state index contributed by atoms with van der Waals surface area (Å²) in [6.45, 7) is 3.02. The average Bonchev–Trinajstić information content (AvgIpc) is 3.24. The first-order valence-electron chi connectivity index (χ1n) is 9.66. The molecule has 1 saturated heterocycles. The molecule has 2 aromatic rings. The molecule has 2 aliphatic rings. The number of nitrogens with one attached hydrogen (secondary N) is 2. The van der Waals surface area contributed by atoms with Crippen molar-refractivity contribution in [1.29, 1.82) is 0 Å². The first-order valence-corrected chi connectivity index (χ1v) is 9.66. The van der Waals surface area contributed by atoms with Gasteiger partial charge in [-0.2, -0.15) is 0 Å². The van der Waals surface area contributed by atoms with Crippen molar-refractivity contribution in [3.05, 3.63) is 53.8 Å². The van der Waals surface area contributed by atoms with E-state index in [0.717, 1.165) is 5.56 Å². The lowest BCUT2D eigenvalue weighted by atomic mass is 10.0. The van der Waals surface area contributed by atoms with Gasteiger partial charge in [-0.3, -0.25) is 14.5 Å². The van der Waals surface area contributed by atoms with E-state index in [4.69, 9.17) is 14.2 Å². The highest BCUT2D eigenvalue weighted by Gasteiger charge is 2.26. The van der Waals surface area contributed by atoms with Crippen LogP contribution >= 0.6 is 0 Å². The Labute approximate surface area is 172 Å². The van der Waals surface area contributed by atoms with Gasteiger partial charge >= 0.3 is 11.8 Å². The molecule has 1 atom stereocenters. The van der Waals surface area contributed by atoms with Crippen molar-refractivity contribution in [3.8, 4) is 11.5 Å². The minimum Gasteiger partial charge on any atom is -0.454 e. The third kappa shape index (κ3) is 4.69. The van der Waals surface area contributed by atoms with Gasteiger partial charge < -0.3 is 24.8 Å². The highest BCUT2D eigenvalue weighted by Crippen LogP contribution is 2.35. The summed E-state index contributed by atoms with van der Waals surface area (Å²) in [6, 6.07) is 10.7. The first-order chi connectivity index (χ1) is 14.6. The molecular formula is C21H22FN3O5. The third-order valence-electron chi connectivity index (χ3n) is 5.03. The standard InChI is InChI=1S/C21H22FN3O5/c22-15-2-4-16(5-3-15)24-21(27)20(26)23-12-17(25-7-9-28-10-8-25)14-1-6-18-19(11-14)30-13-29-18/h1-6,11,17H,7-10,12-13H2,(H,23,26)(H,24,27)/t17-/m0/s1. The number of carbonyl (C=O) groups is 2. The van der Waals surface area contributed by atoms with Gasteiger partial charge in [-0.25, -0.2) is 4.39 Å². The number of hydrogen-bond acceptors (Lipinski definition) is 6. The van der Waals surface area contributed by atoms with E-state index in [1.54, 1.807) is 0 Å². The van der Waals surface area contributed by atoms with Crippen molar-refractivity contribution in [3.63, 3.8) is 0 Å². The predicted molar refractivity (Wildman–Crippen MR) is 106 cm³/mol. The Balaban J connectivity index is 1.43. The Morgan fingerprint density at radius 3 is 2.50 bits per heavy atom. The molecule has 0 unspecified atom stereocenters. The van der Waals surface area contributed by atoms with Gasteiger partial charge in [0.25, 0.3) is 0 Å². The van der Waals surface area contributed by atoms with E-state index in [1.165, 1.54) is 24.3 Å². The molecular weight excluding hydrogens is 393 g/mol. The second-order valence-electron chi connectivity index (χ2n) is 6.95. The topological polar surface area (TPSA) is 89.1 Å². The molecule has 9 heteroatoms. The molecule has 8 nitrogen and oxygen atoms in total. The smallest absolute Gasteiger partial charge is 0.313 e. The lowest BCUT2D eigenvalue weighted by Gasteiger charge is -2.34. The number of hydrogen-bond donors (Lipinski definition) is 2. The molecule has 0 spiro atoms. The van der Waals surface area contributed by atoms with Crippen molar-refractivity contribution in [2.75, 3.05) is 45.0 Å². The maximum absolute atomic E-state index is 13.0. The zero-order chi connectivity index (χ0) is 20.9. The van der Waals surface area contributed by atoms with Gasteiger partial charge in [-0.15, -0.1) is 0 Å². The molecule has 0 saturated carbocycles. The SMILES string of the molecule is O=C(NC[C@@H](c1ccc2c(c1)OCO2)N1CCOCC1)C(=O)Nc1ccc(F)cc1. The number of ether oxygens (including phenoxy) is 3. The number of fused-ring (bicyclic) bond motifs is 1. The lowest BCUT2D eigenvalue weighted by molar-refractivity contribution is -0.136. The summed E-state index contributed by atoms with van der Waals surface area (Å²) in [5, 5.41) is 5.16. The molecule has 0 aromatic heterocycles. The summed E-state index contributed by atoms with van der Waals surface area (Å²) < 4.78 is 29.3. The molecule has 2 heterocycles. The van der Waals surface area contributed by atoms with Crippen LogP contribution in [0.25, 0.3) is 0 Å². The maximum Gasteiger partial charge on any atom is 0.313 e. The van der Waals surface area contributed by atoms with Crippen LogP contribution in [0.1, 0.15) is 11.6 Å². The fourth-order valence-electron chi connectivity index (χ4n) is 3.46. The number of anilines is 1. The Morgan fingerprint density at radius 1 is 1.00 bits per heavy atom. The third-order valence-corrected chi connectivity index (χ3v) is 5.03. The van der Waals surface area contributed by atoms with Crippen LogP contribution < -0.4 is 20.1 Å². The first kappa shape index (κ1) is 20.1. The summed E-state index contributed by atoms with van der Waals surface area (Å²) in [4.78, 5) is 26.7. The minimum atomic E-state index is -0.812. The van der Waals surface area contributed by atoms with Crippen molar-refractivity contribution >= 4 is 17.5 Å². The maximum atomic E-state index is 13.0. The van der Waals surface area contributed by atoms with E-state index in [0.29, 0.717) is 43.5 Å². The highest BCUT2D eigenvalue weighted by atomic mass is 19.1. The van der Waals surface area contributed by atoms with Crippen molar-refractivity contribution in [2.45, 2.75) is 6.04 Å². The zero-order valence-corrected chi connectivity index (χ0v) is 16.2. The molecule has 1 fully saturated rings. The molecule has 0 bridgehead atoms. The Hall–Kier alpha value is -3.17. The van der Waals surface area contributed by atoms with E-state index in [9.17, 15) is 14.0 Å². The van der Waals surface area contributed by atoms with Gasteiger partial charge in [0.1, 0.15) is 5.82 Å². The molecule has 2 aliphatic heterocycles. The number of amides is 2.